The molecule has 3 N–H and O–H groups in total. The largest absolute Gasteiger partial charge is 0.508 e. The van der Waals surface area contributed by atoms with Crippen molar-refractivity contribution in [1.82, 2.24) is 0 Å². The number of aromatic nitrogens is 1. The van der Waals surface area contributed by atoms with E-state index >= 15 is 0 Å². The fourth-order valence-corrected chi connectivity index (χ4v) is 1.84. The number of nitrogens with one attached hydrogen (secondary N) is 2. The monoisotopic (exact) mass is 313 g/mol. The van der Waals surface area contributed by atoms with Crippen LogP contribution in [0.4, 0.5) is 5.82 Å². The van der Waals surface area contributed by atoms with Crippen LogP contribution >= 0.6 is 27.5 Å². The van der Waals surface area contributed by atoms with Crippen molar-refractivity contribution in [3.8, 4) is 5.75 Å². The first-order valence-corrected chi connectivity index (χ1v) is 6.21. The molecule has 0 saturated heterocycles. The summed E-state index contributed by atoms with van der Waals surface area (Å²) in [5.41, 5.74) is 0.758. The number of aromatic hydroxyl groups is 1. The maximum Gasteiger partial charge on any atom is 0.272 e. The zero-order valence-electron chi connectivity index (χ0n) is 8.87. The van der Waals surface area contributed by atoms with Crippen molar-refractivity contribution in [2.24, 2.45) is 0 Å². The zero-order valence-corrected chi connectivity index (χ0v) is 11.2. The summed E-state index contributed by atoms with van der Waals surface area (Å²) in [5, 5.41) is 13.4. The third kappa shape index (κ3) is 3.35. The van der Waals surface area contributed by atoms with E-state index in [0.717, 1.165) is 15.9 Å². The van der Waals surface area contributed by atoms with Crippen LogP contribution in [0, 0.1) is 0 Å². The van der Waals surface area contributed by atoms with E-state index < -0.39 is 0 Å². The molecule has 0 spiro atoms. The van der Waals surface area contributed by atoms with Crippen LogP contribution in [0.25, 0.3) is 0 Å². The normalized spacial score (nSPS) is 10.2. The predicted octanol–water partition coefficient (Wildman–Crippen LogP) is 3.23. The van der Waals surface area contributed by atoms with Crippen molar-refractivity contribution in [1.29, 1.82) is 0 Å². The van der Waals surface area contributed by atoms with E-state index in [9.17, 15) is 5.11 Å². The maximum absolute atomic E-state index is 9.64. The van der Waals surface area contributed by atoms with Crippen LogP contribution in [0.2, 0.25) is 5.02 Å². The Morgan fingerprint density at radius 3 is 2.82 bits per heavy atom. The van der Waals surface area contributed by atoms with Gasteiger partial charge in [0.2, 0.25) is 0 Å². The minimum absolute atomic E-state index is 0.235. The minimum Gasteiger partial charge on any atom is -0.508 e. The van der Waals surface area contributed by atoms with Crippen LogP contribution in [-0.4, -0.2) is 5.11 Å². The molecule has 0 aliphatic heterocycles. The molecule has 0 saturated carbocycles. The third-order valence-corrected chi connectivity index (χ3v) is 3.01. The van der Waals surface area contributed by atoms with E-state index in [0.29, 0.717) is 11.6 Å². The Hall–Kier alpha value is -1.26. The van der Waals surface area contributed by atoms with Gasteiger partial charge in [0, 0.05) is 16.7 Å². The van der Waals surface area contributed by atoms with Crippen LogP contribution in [0.1, 0.15) is 5.56 Å². The molecule has 0 aliphatic carbocycles. The Morgan fingerprint density at radius 1 is 1.29 bits per heavy atom. The second-order valence-electron chi connectivity index (χ2n) is 3.55. The van der Waals surface area contributed by atoms with E-state index in [1.54, 1.807) is 18.2 Å². The van der Waals surface area contributed by atoms with Crippen molar-refractivity contribution in [2.75, 3.05) is 5.32 Å². The van der Waals surface area contributed by atoms with Crippen LogP contribution in [0.3, 0.4) is 0 Å². The number of benzene rings is 1. The summed E-state index contributed by atoms with van der Waals surface area (Å²) >= 11 is 9.21. The molecular formula is C12H11BrClN2O+. The van der Waals surface area contributed by atoms with Gasteiger partial charge < -0.3 is 5.11 Å². The van der Waals surface area contributed by atoms with Crippen molar-refractivity contribution in [2.45, 2.75) is 6.54 Å². The second kappa shape index (κ2) is 5.38. The number of halogens is 2. The molecule has 1 aromatic carbocycles. The first-order chi connectivity index (χ1) is 8.15. The van der Waals surface area contributed by atoms with Gasteiger partial charge in [-0.25, -0.2) is 4.98 Å². The van der Waals surface area contributed by atoms with E-state index in [4.69, 9.17) is 11.6 Å². The summed E-state index contributed by atoms with van der Waals surface area (Å²) in [6, 6.07) is 8.82. The first-order valence-electron chi connectivity index (χ1n) is 5.03. The van der Waals surface area contributed by atoms with E-state index in [2.05, 4.69) is 26.2 Å². The van der Waals surface area contributed by atoms with Crippen molar-refractivity contribution in [3.05, 3.63) is 51.6 Å². The Balaban J connectivity index is 2.07. The molecule has 2 rings (SSSR count). The van der Waals surface area contributed by atoms with Gasteiger partial charge in [0.05, 0.1) is 4.47 Å². The van der Waals surface area contributed by atoms with Gasteiger partial charge in [0.25, 0.3) is 5.82 Å². The number of anilines is 1. The lowest BCUT2D eigenvalue weighted by atomic mass is 10.2. The molecule has 3 nitrogen and oxygen atoms in total. The molecule has 0 aliphatic rings. The number of phenolic OH excluding ortho intramolecular Hbond substituents is 1. The molecule has 1 heterocycles. The molecule has 2 aromatic rings. The number of hydrogen-bond acceptors (Lipinski definition) is 2. The smallest absolute Gasteiger partial charge is 0.272 e. The van der Waals surface area contributed by atoms with Gasteiger partial charge in [-0.3, -0.25) is 5.32 Å². The van der Waals surface area contributed by atoms with Gasteiger partial charge in [-0.05, 0) is 40.2 Å². The van der Waals surface area contributed by atoms with Gasteiger partial charge in [0.15, 0.2) is 0 Å². The molecule has 0 fully saturated rings. The lowest BCUT2D eigenvalue weighted by Crippen LogP contribution is -2.12. The molecule has 17 heavy (non-hydrogen) atoms. The fourth-order valence-electron chi connectivity index (χ4n) is 1.40. The quantitative estimate of drug-likeness (QED) is 0.913. The van der Waals surface area contributed by atoms with E-state index in [1.165, 1.54) is 0 Å². The molecule has 0 radical (unpaired) electrons. The number of aromatic amines is 1. The van der Waals surface area contributed by atoms with Crippen LogP contribution in [0.5, 0.6) is 5.75 Å². The highest BCUT2D eigenvalue weighted by Crippen LogP contribution is 2.22. The van der Waals surface area contributed by atoms with Gasteiger partial charge in [0.1, 0.15) is 18.5 Å². The van der Waals surface area contributed by atoms with Crippen molar-refractivity contribution in [3.63, 3.8) is 0 Å². The number of pyridine rings is 1. The van der Waals surface area contributed by atoms with E-state index in [-0.39, 0.29) is 5.75 Å². The fraction of sp³-hybridized carbons (Fsp3) is 0.0833. The maximum atomic E-state index is 9.64. The standard InChI is InChI=1S/C12H10BrClN2O/c13-9-1-4-12(16-7-9)15-6-8-5-10(14)2-3-11(8)17/h1-5,7,17H,6H2,(H,15,16)/p+1. The number of phenols is 1. The van der Waals surface area contributed by atoms with Crippen molar-refractivity contribution >= 4 is 33.3 Å². The highest BCUT2D eigenvalue weighted by atomic mass is 79.9. The molecule has 0 amide bonds. The highest BCUT2D eigenvalue weighted by Gasteiger charge is 2.06. The van der Waals surface area contributed by atoms with Crippen LogP contribution < -0.4 is 10.3 Å². The Bertz CT molecular complexity index is 516. The molecule has 0 bridgehead atoms. The number of rotatable bonds is 3. The summed E-state index contributed by atoms with van der Waals surface area (Å²) < 4.78 is 0.980. The molecule has 5 heteroatoms. The Morgan fingerprint density at radius 2 is 2.12 bits per heavy atom. The average molecular weight is 315 g/mol. The van der Waals surface area contributed by atoms with Gasteiger partial charge in [-0.1, -0.05) is 11.6 Å². The second-order valence-corrected chi connectivity index (χ2v) is 4.90. The minimum atomic E-state index is 0.235. The van der Waals surface area contributed by atoms with Gasteiger partial charge in [-0.15, -0.1) is 0 Å². The Kier molecular flexibility index (Phi) is 3.86. The number of H-pyrrole nitrogens is 1. The zero-order chi connectivity index (χ0) is 12.3. The predicted molar refractivity (Wildman–Crippen MR) is 71.1 cm³/mol. The summed E-state index contributed by atoms with van der Waals surface area (Å²) in [4.78, 5) is 3.07. The topological polar surface area (TPSA) is 46.4 Å². The summed E-state index contributed by atoms with van der Waals surface area (Å²) in [6.07, 6.45) is 1.83. The SMILES string of the molecule is Oc1ccc(Cl)cc1CNc1ccc(Br)c[nH+]1. The van der Waals surface area contributed by atoms with Crippen LogP contribution in [0.15, 0.2) is 41.0 Å². The molecular weight excluding hydrogens is 304 g/mol. The molecule has 0 unspecified atom stereocenters. The molecule has 0 atom stereocenters. The highest BCUT2D eigenvalue weighted by molar-refractivity contribution is 9.10. The van der Waals surface area contributed by atoms with Crippen molar-refractivity contribution < 1.29 is 10.1 Å². The van der Waals surface area contributed by atoms with E-state index in [1.807, 2.05) is 18.3 Å². The van der Waals surface area contributed by atoms with Crippen LogP contribution in [-0.2, 0) is 6.54 Å². The summed E-state index contributed by atoms with van der Waals surface area (Å²) in [5.74, 6) is 1.10. The van der Waals surface area contributed by atoms with Gasteiger partial charge in [-0.2, -0.15) is 0 Å². The lowest BCUT2D eigenvalue weighted by molar-refractivity contribution is -0.362. The average Bonchev–Trinajstić information content (AvgIpc) is 2.32. The molecule has 1 aromatic heterocycles. The third-order valence-electron chi connectivity index (χ3n) is 2.29. The Labute approximate surface area is 113 Å². The lowest BCUT2D eigenvalue weighted by Gasteiger charge is -2.03. The first kappa shape index (κ1) is 12.2. The summed E-state index contributed by atoms with van der Waals surface area (Å²) in [7, 11) is 0. The molecule has 88 valence electrons. The number of hydrogen-bond donors (Lipinski definition) is 2. The van der Waals surface area contributed by atoms with Gasteiger partial charge >= 0.3 is 0 Å². The summed E-state index contributed by atoms with van der Waals surface area (Å²) in [6.45, 7) is 0.504.